The van der Waals surface area contributed by atoms with Gasteiger partial charge in [0.25, 0.3) is 5.91 Å². The highest BCUT2D eigenvalue weighted by Crippen LogP contribution is 2.32. The highest BCUT2D eigenvalue weighted by atomic mass is 35.5. The Morgan fingerprint density at radius 1 is 1.15 bits per heavy atom. The standard InChI is InChI=1S/C19H15ClN2O2S2/c20-14-8-6-13(7-9-14)12-16-18(24)22(19(25)26-16)11-10-17(23)21-15-4-2-1-3-5-15/h1-9,12H,10-11H2,(H,21,23)/b16-12-. The van der Waals surface area contributed by atoms with Crippen LogP contribution in [0.15, 0.2) is 59.5 Å². The maximum atomic E-state index is 12.5. The predicted molar refractivity (Wildman–Crippen MR) is 111 cm³/mol. The minimum Gasteiger partial charge on any atom is -0.326 e. The van der Waals surface area contributed by atoms with Gasteiger partial charge in [-0.1, -0.05) is 65.9 Å². The molecule has 0 aliphatic carbocycles. The third-order valence-electron chi connectivity index (χ3n) is 3.66. The van der Waals surface area contributed by atoms with Gasteiger partial charge in [-0.05, 0) is 35.9 Å². The average molecular weight is 403 g/mol. The van der Waals surface area contributed by atoms with Crippen molar-refractivity contribution in [3.05, 3.63) is 70.1 Å². The minimum absolute atomic E-state index is 0.160. The first-order valence-electron chi connectivity index (χ1n) is 7.89. The molecule has 7 heteroatoms. The lowest BCUT2D eigenvalue weighted by molar-refractivity contribution is -0.122. The number of para-hydroxylation sites is 1. The molecular weight excluding hydrogens is 388 g/mol. The molecule has 0 saturated carbocycles. The van der Waals surface area contributed by atoms with E-state index in [4.69, 9.17) is 23.8 Å². The van der Waals surface area contributed by atoms with Crippen molar-refractivity contribution in [3.8, 4) is 0 Å². The number of thioether (sulfide) groups is 1. The Morgan fingerprint density at radius 3 is 2.54 bits per heavy atom. The van der Waals surface area contributed by atoms with Gasteiger partial charge < -0.3 is 5.32 Å². The van der Waals surface area contributed by atoms with Crippen molar-refractivity contribution in [2.24, 2.45) is 0 Å². The number of nitrogens with zero attached hydrogens (tertiary/aromatic N) is 1. The molecule has 0 aromatic heterocycles. The number of benzene rings is 2. The molecule has 26 heavy (non-hydrogen) atoms. The minimum atomic E-state index is -0.178. The largest absolute Gasteiger partial charge is 0.326 e. The maximum absolute atomic E-state index is 12.5. The molecule has 1 aliphatic rings. The molecular formula is C19H15ClN2O2S2. The summed E-state index contributed by atoms with van der Waals surface area (Å²) < 4.78 is 0.461. The summed E-state index contributed by atoms with van der Waals surface area (Å²) in [5.74, 6) is -0.339. The Hall–Kier alpha value is -2.15. The number of nitrogens with one attached hydrogen (secondary N) is 1. The first-order chi connectivity index (χ1) is 12.5. The molecule has 0 unspecified atom stereocenters. The lowest BCUT2D eigenvalue weighted by Crippen LogP contribution is -2.31. The van der Waals surface area contributed by atoms with E-state index in [2.05, 4.69) is 5.32 Å². The summed E-state index contributed by atoms with van der Waals surface area (Å²) >= 11 is 12.4. The molecule has 3 rings (SSSR count). The van der Waals surface area contributed by atoms with E-state index >= 15 is 0 Å². The second-order valence-electron chi connectivity index (χ2n) is 5.55. The lowest BCUT2D eigenvalue weighted by Gasteiger charge is -2.14. The zero-order chi connectivity index (χ0) is 18.5. The molecule has 1 N–H and O–H groups in total. The van der Waals surface area contributed by atoms with E-state index in [1.165, 1.54) is 16.7 Å². The van der Waals surface area contributed by atoms with E-state index in [-0.39, 0.29) is 24.8 Å². The van der Waals surface area contributed by atoms with Crippen LogP contribution in [0.25, 0.3) is 6.08 Å². The van der Waals surface area contributed by atoms with Crippen LogP contribution < -0.4 is 5.32 Å². The van der Waals surface area contributed by atoms with Crippen molar-refractivity contribution in [2.45, 2.75) is 6.42 Å². The molecule has 2 amide bonds. The highest BCUT2D eigenvalue weighted by molar-refractivity contribution is 8.26. The smallest absolute Gasteiger partial charge is 0.266 e. The van der Waals surface area contributed by atoms with Gasteiger partial charge in [-0.2, -0.15) is 0 Å². The SMILES string of the molecule is O=C(CCN1C(=O)/C(=C/c2ccc(Cl)cc2)SC1=S)Nc1ccccc1. The van der Waals surface area contributed by atoms with Gasteiger partial charge in [-0.25, -0.2) is 0 Å². The fraction of sp³-hybridized carbons (Fsp3) is 0.105. The summed E-state index contributed by atoms with van der Waals surface area (Å²) in [5.41, 5.74) is 1.60. The molecule has 0 radical (unpaired) electrons. The molecule has 1 heterocycles. The normalized spacial score (nSPS) is 15.6. The average Bonchev–Trinajstić information content (AvgIpc) is 2.89. The molecule has 4 nitrogen and oxygen atoms in total. The Balaban J connectivity index is 1.60. The molecule has 1 aliphatic heterocycles. The van der Waals surface area contributed by atoms with Crippen LogP contribution in [0.2, 0.25) is 5.02 Å². The maximum Gasteiger partial charge on any atom is 0.266 e. The molecule has 0 bridgehead atoms. The Kier molecular flexibility index (Phi) is 6.08. The number of carbonyl (C=O) groups is 2. The summed E-state index contributed by atoms with van der Waals surface area (Å²) in [4.78, 5) is 26.6. The summed E-state index contributed by atoms with van der Waals surface area (Å²) in [6.07, 6.45) is 1.95. The third kappa shape index (κ3) is 4.72. The Morgan fingerprint density at radius 2 is 1.85 bits per heavy atom. The Bertz CT molecular complexity index is 867. The fourth-order valence-corrected chi connectivity index (χ4v) is 3.80. The van der Waals surface area contributed by atoms with Gasteiger partial charge >= 0.3 is 0 Å². The topological polar surface area (TPSA) is 49.4 Å². The number of anilines is 1. The van der Waals surface area contributed by atoms with Crippen molar-refractivity contribution in [1.82, 2.24) is 4.90 Å². The second kappa shape index (κ2) is 8.49. The fourth-order valence-electron chi connectivity index (χ4n) is 2.36. The first-order valence-corrected chi connectivity index (χ1v) is 9.49. The quantitative estimate of drug-likeness (QED) is 0.588. The summed E-state index contributed by atoms with van der Waals surface area (Å²) in [7, 11) is 0. The number of hydrogen-bond acceptors (Lipinski definition) is 4. The van der Waals surface area contributed by atoms with Gasteiger partial charge in [0.2, 0.25) is 5.91 Å². The van der Waals surface area contributed by atoms with Crippen LogP contribution in [0.3, 0.4) is 0 Å². The summed E-state index contributed by atoms with van der Waals surface area (Å²) in [6.45, 7) is 0.251. The van der Waals surface area contributed by atoms with Gasteiger partial charge in [0.05, 0.1) is 4.91 Å². The van der Waals surface area contributed by atoms with Crippen LogP contribution in [0, 0.1) is 0 Å². The van der Waals surface area contributed by atoms with Gasteiger partial charge in [-0.15, -0.1) is 0 Å². The molecule has 1 fully saturated rings. The van der Waals surface area contributed by atoms with Crippen LogP contribution in [0.1, 0.15) is 12.0 Å². The van der Waals surface area contributed by atoms with Crippen LogP contribution in [0.5, 0.6) is 0 Å². The van der Waals surface area contributed by atoms with Crippen molar-refractivity contribution < 1.29 is 9.59 Å². The molecule has 132 valence electrons. The van der Waals surface area contributed by atoms with Gasteiger partial charge in [0.15, 0.2) is 0 Å². The van der Waals surface area contributed by atoms with Crippen LogP contribution in [0.4, 0.5) is 5.69 Å². The zero-order valence-corrected chi connectivity index (χ0v) is 16.0. The number of carbonyl (C=O) groups excluding carboxylic acids is 2. The predicted octanol–water partition coefficient (Wildman–Crippen LogP) is 4.57. The third-order valence-corrected chi connectivity index (χ3v) is 5.29. The number of amides is 2. The lowest BCUT2D eigenvalue weighted by atomic mass is 10.2. The molecule has 0 spiro atoms. The first kappa shape index (κ1) is 18.6. The molecule has 1 saturated heterocycles. The van der Waals surface area contributed by atoms with Crippen molar-refractivity contribution in [2.75, 3.05) is 11.9 Å². The summed E-state index contributed by atoms with van der Waals surface area (Å²) in [5, 5.41) is 3.44. The van der Waals surface area contributed by atoms with Gasteiger partial charge in [0, 0.05) is 23.7 Å². The Labute approximate surface area is 166 Å². The van der Waals surface area contributed by atoms with E-state index in [1.807, 2.05) is 42.5 Å². The van der Waals surface area contributed by atoms with E-state index in [9.17, 15) is 9.59 Å². The van der Waals surface area contributed by atoms with Gasteiger partial charge in [0.1, 0.15) is 4.32 Å². The number of hydrogen-bond donors (Lipinski definition) is 1. The van der Waals surface area contributed by atoms with E-state index in [1.54, 1.807) is 18.2 Å². The van der Waals surface area contributed by atoms with Crippen molar-refractivity contribution in [1.29, 1.82) is 0 Å². The van der Waals surface area contributed by atoms with Gasteiger partial charge in [-0.3, -0.25) is 14.5 Å². The number of halogens is 1. The number of rotatable bonds is 5. The van der Waals surface area contributed by atoms with Crippen molar-refractivity contribution >= 4 is 63.5 Å². The van der Waals surface area contributed by atoms with E-state index < -0.39 is 0 Å². The second-order valence-corrected chi connectivity index (χ2v) is 7.66. The van der Waals surface area contributed by atoms with Crippen LogP contribution in [-0.2, 0) is 9.59 Å². The molecule has 2 aromatic rings. The van der Waals surface area contributed by atoms with Crippen molar-refractivity contribution in [3.63, 3.8) is 0 Å². The van der Waals surface area contributed by atoms with E-state index in [0.29, 0.717) is 14.2 Å². The number of thiocarbonyl (C=S) groups is 1. The zero-order valence-electron chi connectivity index (χ0n) is 13.6. The monoisotopic (exact) mass is 402 g/mol. The highest BCUT2D eigenvalue weighted by Gasteiger charge is 2.32. The van der Waals surface area contributed by atoms with Crippen LogP contribution in [-0.4, -0.2) is 27.6 Å². The van der Waals surface area contributed by atoms with Crippen LogP contribution >= 0.6 is 35.6 Å². The molecule has 0 atom stereocenters. The molecule has 2 aromatic carbocycles. The van der Waals surface area contributed by atoms with E-state index in [0.717, 1.165) is 11.3 Å². The summed E-state index contributed by atoms with van der Waals surface area (Å²) in [6, 6.07) is 16.4.